The fourth-order valence-electron chi connectivity index (χ4n) is 4.46. The lowest BCUT2D eigenvalue weighted by Crippen LogP contribution is -2.51. The van der Waals surface area contributed by atoms with Crippen molar-refractivity contribution in [2.75, 3.05) is 32.7 Å². The number of likely N-dealkylation sites (tertiary alicyclic amines) is 1. The van der Waals surface area contributed by atoms with Crippen LogP contribution >= 0.6 is 12.4 Å². The Hall–Kier alpha value is -2.21. The molecule has 2 aliphatic heterocycles. The van der Waals surface area contributed by atoms with Gasteiger partial charge in [-0.15, -0.1) is 12.4 Å². The lowest BCUT2D eigenvalue weighted by Gasteiger charge is -2.33. The van der Waals surface area contributed by atoms with Gasteiger partial charge in [0.1, 0.15) is 6.04 Å². The Balaban J connectivity index is 0.00000432. The summed E-state index contributed by atoms with van der Waals surface area (Å²) < 4.78 is 27.0. The maximum absolute atomic E-state index is 12.7. The van der Waals surface area contributed by atoms with Crippen molar-refractivity contribution in [3.63, 3.8) is 0 Å². The summed E-state index contributed by atoms with van der Waals surface area (Å²) in [5, 5.41) is 15.3. The van der Waals surface area contributed by atoms with Crippen molar-refractivity contribution in [1.29, 1.82) is 0 Å². The minimum atomic E-state index is -4.05. The van der Waals surface area contributed by atoms with E-state index in [1.54, 1.807) is 11.0 Å². The normalized spacial score (nSPS) is 19.9. The van der Waals surface area contributed by atoms with E-state index in [1.807, 2.05) is 0 Å². The standard InChI is InChI=1S/C23H34N4O6S.ClH/c28-21(9-8-17-10-12-24-13-11-17)27-14-4-5-18(16-27)22(29)25-15-20(23(30)31)26-34(32,33)19-6-2-1-3-7-19;/h1-3,6-7,17-18,20,24,26H,4-5,8-16H2,(H,25,29)(H,30,31);1H/t18-,20+;/m1./s1. The largest absolute Gasteiger partial charge is 0.480 e. The van der Waals surface area contributed by atoms with Gasteiger partial charge in [0.15, 0.2) is 0 Å². The first-order valence-corrected chi connectivity index (χ1v) is 13.3. The molecule has 0 spiro atoms. The highest BCUT2D eigenvalue weighted by atomic mass is 35.5. The highest BCUT2D eigenvalue weighted by Gasteiger charge is 2.31. The fourth-order valence-corrected chi connectivity index (χ4v) is 5.67. The third kappa shape index (κ3) is 8.75. The molecule has 35 heavy (non-hydrogen) atoms. The molecule has 1 aromatic rings. The van der Waals surface area contributed by atoms with E-state index in [2.05, 4.69) is 15.4 Å². The highest BCUT2D eigenvalue weighted by Crippen LogP contribution is 2.21. The summed E-state index contributed by atoms with van der Waals surface area (Å²) in [6, 6.07) is 5.93. The van der Waals surface area contributed by atoms with Crippen molar-refractivity contribution < 1.29 is 27.9 Å². The van der Waals surface area contributed by atoms with Crippen molar-refractivity contribution in [3.8, 4) is 0 Å². The second-order valence-electron chi connectivity index (χ2n) is 8.98. The van der Waals surface area contributed by atoms with Crippen LogP contribution in [0.1, 0.15) is 38.5 Å². The number of amides is 2. The molecule has 2 atom stereocenters. The second-order valence-corrected chi connectivity index (χ2v) is 10.7. The third-order valence-electron chi connectivity index (χ3n) is 6.50. The van der Waals surface area contributed by atoms with E-state index in [9.17, 15) is 27.9 Å². The van der Waals surface area contributed by atoms with Gasteiger partial charge in [-0.2, -0.15) is 4.72 Å². The van der Waals surface area contributed by atoms with Gasteiger partial charge in [0.2, 0.25) is 21.8 Å². The van der Waals surface area contributed by atoms with Crippen molar-refractivity contribution in [2.24, 2.45) is 11.8 Å². The van der Waals surface area contributed by atoms with E-state index in [0.717, 1.165) is 32.4 Å². The predicted molar refractivity (Wildman–Crippen MR) is 133 cm³/mol. The topological polar surface area (TPSA) is 145 Å². The van der Waals surface area contributed by atoms with E-state index in [1.165, 1.54) is 24.3 Å². The zero-order chi connectivity index (χ0) is 24.6. The number of carbonyl (C=O) groups excluding carboxylic acids is 2. The van der Waals surface area contributed by atoms with Crippen molar-refractivity contribution in [2.45, 2.75) is 49.5 Å². The first-order chi connectivity index (χ1) is 16.3. The van der Waals surface area contributed by atoms with Crippen LogP contribution in [0.2, 0.25) is 0 Å². The van der Waals surface area contributed by atoms with Crippen LogP contribution < -0.4 is 15.4 Å². The molecule has 2 aliphatic rings. The molecule has 0 unspecified atom stereocenters. The minimum Gasteiger partial charge on any atom is -0.480 e. The maximum Gasteiger partial charge on any atom is 0.323 e. The molecule has 0 saturated carbocycles. The predicted octanol–water partition coefficient (Wildman–Crippen LogP) is 0.975. The quantitative estimate of drug-likeness (QED) is 0.353. The molecule has 0 radical (unpaired) electrons. The van der Waals surface area contributed by atoms with Gasteiger partial charge in [0.25, 0.3) is 0 Å². The molecule has 3 rings (SSSR count). The minimum absolute atomic E-state index is 0. The molecule has 4 N–H and O–H groups in total. The number of nitrogens with one attached hydrogen (secondary N) is 3. The fraction of sp³-hybridized carbons (Fsp3) is 0.609. The lowest BCUT2D eigenvalue weighted by molar-refractivity contribution is -0.139. The van der Waals surface area contributed by atoms with Crippen molar-refractivity contribution in [3.05, 3.63) is 30.3 Å². The number of nitrogens with zero attached hydrogens (tertiary/aromatic N) is 1. The van der Waals surface area contributed by atoms with Gasteiger partial charge in [0, 0.05) is 26.1 Å². The molecular weight excluding hydrogens is 496 g/mol. The molecule has 0 aliphatic carbocycles. The number of halogens is 1. The van der Waals surface area contributed by atoms with Gasteiger partial charge in [-0.1, -0.05) is 18.2 Å². The number of hydrogen-bond donors (Lipinski definition) is 4. The summed E-state index contributed by atoms with van der Waals surface area (Å²) in [5.41, 5.74) is 0. The summed E-state index contributed by atoms with van der Waals surface area (Å²) in [6.45, 7) is 2.50. The summed E-state index contributed by atoms with van der Waals surface area (Å²) in [5.74, 6) is -1.60. The monoisotopic (exact) mass is 530 g/mol. The Bertz CT molecular complexity index is 956. The summed E-state index contributed by atoms with van der Waals surface area (Å²) in [7, 11) is -4.05. The number of rotatable bonds is 10. The Morgan fingerprint density at radius 3 is 2.46 bits per heavy atom. The average Bonchev–Trinajstić information content (AvgIpc) is 2.86. The van der Waals surface area contributed by atoms with Crippen LogP contribution in [0.4, 0.5) is 0 Å². The molecule has 2 heterocycles. The van der Waals surface area contributed by atoms with Gasteiger partial charge in [-0.3, -0.25) is 14.4 Å². The smallest absolute Gasteiger partial charge is 0.323 e. The van der Waals surface area contributed by atoms with Gasteiger partial charge in [-0.25, -0.2) is 8.42 Å². The molecule has 196 valence electrons. The summed E-state index contributed by atoms with van der Waals surface area (Å²) >= 11 is 0. The molecule has 2 saturated heterocycles. The molecule has 1 aromatic carbocycles. The number of carboxylic acids is 1. The van der Waals surface area contributed by atoms with Gasteiger partial charge >= 0.3 is 5.97 Å². The number of benzene rings is 1. The van der Waals surface area contributed by atoms with Crippen LogP contribution in [0.25, 0.3) is 0 Å². The Labute approximate surface area is 212 Å². The van der Waals surface area contributed by atoms with E-state index in [4.69, 9.17) is 0 Å². The van der Waals surface area contributed by atoms with Crippen molar-refractivity contribution in [1.82, 2.24) is 20.3 Å². The molecule has 0 aromatic heterocycles. The van der Waals surface area contributed by atoms with Crippen LogP contribution in [-0.2, 0) is 24.4 Å². The van der Waals surface area contributed by atoms with Gasteiger partial charge in [-0.05, 0) is 63.2 Å². The zero-order valence-corrected chi connectivity index (χ0v) is 21.3. The van der Waals surface area contributed by atoms with Crippen LogP contribution in [0.3, 0.4) is 0 Å². The molecule has 2 amide bonds. The first-order valence-electron chi connectivity index (χ1n) is 11.8. The lowest BCUT2D eigenvalue weighted by atomic mass is 9.92. The second kappa shape index (κ2) is 13.8. The molecule has 10 nitrogen and oxygen atoms in total. The highest BCUT2D eigenvalue weighted by molar-refractivity contribution is 7.89. The number of hydrogen-bond acceptors (Lipinski definition) is 6. The van der Waals surface area contributed by atoms with Gasteiger partial charge in [0.05, 0.1) is 10.8 Å². The van der Waals surface area contributed by atoms with E-state index >= 15 is 0 Å². The number of aliphatic carboxylic acids is 1. The zero-order valence-electron chi connectivity index (χ0n) is 19.6. The molecule has 0 bridgehead atoms. The Morgan fingerprint density at radius 2 is 1.80 bits per heavy atom. The molecular formula is C23H35ClN4O6S. The van der Waals surface area contributed by atoms with Crippen LogP contribution in [-0.4, -0.2) is 75.0 Å². The van der Waals surface area contributed by atoms with Crippen molar-refractivity contribution >= 4 is 40.2 Å². The number of sulfonamides is 1. The molecule has 2 fully saturated rings. The Kier molecular flexibility index (Phi) is 11.4. The van der Waals surface area contributed by atoms with Crippen LogP contribution in [0.15, 0.2) is 35.2 Å². The van der Waals surface area contributed by atoms with Gasteiger partial charge < -0.3 is 20.6 Å². The third-order valence-corrected chi connectivity index (χ3v) is 7.99. The maximum atomic E-state index is 12.7. The first kappa shape index (κ1) is 29.0. The van der Waals surface area contributed by atoms with E-state index < -0.39 is 28.0 Å². The number of carbonyl (C=O) groups is 3. The van der Waals surface area contributed by atoms with Crippen LogP contribution in [0, 0.1) is 11.8 Å². The SMILES string of the molecule is Cl.O=C(NC[C@H](NS(=O)(=O)c1ccccc1)C(=O)O)[C@@H]1CCCN(C(=O)CCC2CCNCC2)C1. The average molecular weight is 531 g/mol. The summed E-state index contributed by atoms with van der Waals surface area (Å²) in [4.78, 5) is 38.7. The number of piperidine rings is 2. The van der Waals surface area contributed by atoms with E-state index in [-0.39, 0.29) is 35.7 Å². The van der Waals surface area contributed by atoms with Crippen LogP contribution in [0.5, 0.6) is 0 Å². The Morgan fingerprint density at radius 1 is 1.11 bits per heavy atom. The number of carboxylic acid groups (broad SMARTS) is 1. The van der Waals surface area contributed by atoms with E-state index in [0.29, 0.717) is 38.3 Å². The summed E-state index contributed by atoms with van der Waals surface area (Å²) in [6.07, 6.45) is 4.78. The molecule has 12 heteroatoms.